The fourth-order valence-corrected chi connectivity index (χ4v) is 6.14. The SMILES string of the molecule is CCOc1cc(OC)ccc1CNCC(=O)N1CCCC(c2ccc(C(=O)NC(C(C)=O)C3CCCCC3)cc2)C1. The summed E-state index contributed by atoms with van der Waals surface area (Å²) in [6, 6.07) is 13.0. The van der Waals surface area contributed by atoms with E-state index in [1.54, 1.807) is 14.0 Å². The van der Waals surface area contributed by atoms with Gasteiger partial charge in [-0.2, -0.15) is 0 Å². The maximum Gasteiger partial charge on any atom is 0.251 e. The molecule has 1 saturated carbocycles. The van der Waals surface area contributed by atoms with E-state index in [9.17, 15) is 14.4 Å². The minimum atomic E-state index is -0.413. The lowest BCUT2D eigenvalue weighted by Crippen LogP contribution is -2.45. The molecule has 2 unspecified atom stereocenters. The second kappa shape index (κ2) is 15.0. The molecule has 2 aromatic carbocycles. The Hall–Kier alpha value is -3.39. The van der Waals surface area contributed by atoms with Crippen LogP contribution in [0.25, 0.3) is 0 Å². The van der Waals surface area contributed by atoms with Gasteiger partial charge in [-0.25, -0.2) is 0 Å². The number of ether oxygens (including phenoxy) is 2. The van der Waals surface area contributed by atoms with Gasteiger partial charge in [-0.1, -0.05) is 37.5 Å². The topological polar surface area (TPSA) is 97.0 Å². The van der Waals surface area contributed by atoms with Crippen molar-refractivity contribution < 1.29 is 23.9 Å². The number of hydrogen-bond donors (Lipinski definition) is 2. The van der Waals surface area contributed by atoms with Crippen molar-refractivity contribution in [3.05, 3.63) is 59.2 Å². The summed E-state index contributed by atoms with van der Waals surface area (Å²) in [6.07, 6.45) is 7.36. The molecule has 2 fully saturated rings. The third-order valence-electron chi connectivity index (χ3n) is 8.43. The molecule has 0 aromatic heterocycles. The summed E-state index contributed by atoms with van der Waals surface area (Å²) in [4.78, 5) is 40.3. The Morgan fingerprint density at radius 3 is 2.44 bits per heavy atom. The number of hydrogen-bond acceptors (Lipinski definition) is 6. The summed E-state index contributed by atoms with van der Waals surface area (Å²) in [6.45, 7) is 6.26. The number of piperidine rings is 1. The van der Waals surface area contributed by atoms with E-state index in [2.05, 4.69) is 10.6 Å². The number of amides is 2. The molecular weight excluding hydrogens is 518 g/mol. The van der Waals surface area contributed by atoms with Gasteiger partial charge in [0.05, 0.1) is 26.3 Å². The third kappa shape index (κ3) is 8.32. The summed E-state index contributed by atoms with van der Waals surface area (Å²) >= 11 is 0. The number of carbonyl (C=O) groups excluding carboxylic acids is 3. The maximum absolute atomic E-state index is 13.0. The average molecular weight is 564 g/mol. The number of Topliss-reactive ketones (excluding diaryl/α,β-unsaturated/α-hetero) is 1. The van der Waals surface area contributed by atoms with E-state index in [-0.39, 0.29) is 36.0 Å². The normalized spacial score (nSPS) is 18.4. The molecule has 1 saturated heterocycles. The van der Waals surface area contributed by atoms with E-state index >= 15 is 0 Å². The van der Waals surface area contributed by atoms with Crippen molar-refractivity contribution in [2.75, 3.05) is 33.4 Å². The van der Waals surface area contributed by atoms with Crippen LogP contribution in [-0.4, -0.2) is 61.9 Å². The van der Waals surface area contributed by atoms with Gasteiger partial charge in [0.25, 0.3) is 5.91 Å². The van der Waals surface area contributed by atoms with E-state index in [0.29, 0.717) is 25.3 Å². The molecule has 8 nitrogen and oxygen atoms in total. The largest absolute Gasteiger partial charge is 0.497 e. The molecule has 1 aliphatic heterocycles. The predicted octanol–water partition coefficient (Wildman–Crippen LogP) is 4.86. The Bertz CT molecular complexity index is 1180. The first kappa shape index (κ1) is 30.6. The molecular formula is C33H45N3O5. The van der Waals surface area contributed by atoms with Crippen LogP contribution < -0.4 is 20.1 Å². The Balaban J connectivity index is 1.29. The lowest BCUT2D eigenvalue weighted by atomic mass is 9.82. The highest BCUT2D eigenvalue weighted by Crippen LogP contribution is 2.29. The quantitative estimate of drug-likeness (QED) is 0.383. The van der Waals surface area contributed by atoms with Gasteiger partial charge in [0, 0.05) is 42.7 Å². The zero-order valence-corrected chi connectivity index (χ0v) is 24.7. The van der Waals surface area contributed by atoms with Gasteiger partial charge in [0.2, 0.25) is 5.91 Å². The van der Waals surface area contributed by atoms with E-state index in [1.807, 2.05) is 54.3 Å². The highest BCUT2D eigenvalue weighted by Gasteiger charge is 2.29. The highest BCUT2D eigenvalue weighted by molar-refractivity contribution is 5.97. The number of rotatable bonds is 12. The Kier molecular flexibility index (Phi) is 11.2. The Labute approximate surface area is 244 Å². The second-order valence-electron chi connectivity index (χ2n) is 11.3. The molecule has 2 aliphatic rings. The number of carbonyl (C=O) groups is 3. The maximum atomic E-state index is 13.0. The lowest BCUT2D eigenvalue weighted by molar-refractivity contribution is -0.131. The van der Waals surface area contributed by atoms with Gasteiger partial charge >= 0.3 is 0 Å². The van der Waals surface area contributed by atoms with Crippen molar-refractivity contribution in [1.82, 2.24) is 15.5 Å². The number of likely N-dealkylation sites (tertiary alicyclic amines) is 1. The average Bonchev–Trinajstić information content (AvgIpc) is 3.01. The van der Waals surface area contributed by atoms with E-state index in [1.165, 1.54) is 6.42 Å². The molecule has 0 spiro atoms. The number of benzene rings is 2. The first-order valence-corrected chi connectivity index (χ1v) is 15.1. The standard InChI is InChI=1S/C33H45N3O5/c1-4-41-30-19-29(40-3)17-16-27(30)20-34-21-31(38)36-18-8-11-28(22-36)24-12-14-26(15-13-24)33(39)35-32(23(2)37)25-9-6-5-7-10-25/h12-17,19,25,28,32,34H,4-11,18,20-22H2,1-3H3,(H,35,39). The van der Waals surface area contributed by atoms with Gasteiger partial charge < -0.3 is 25.0 Å². The zero-order valence-electron chi connectivity index (χ0n) is 24.7. The van der Waals surface area contributed by atoms with Crippen molar-refractivity contribution in [3.8, 4) is 11.5 Å². The van der Waals surface area contributed by atoms with Crippen LogP contribution in [0.15, 0.2) is 42.5 Å². The molecule has 2 aromatic rings. The molecule has 1 heterocycles. The lowest BCUT2D eigenvalue weighted by Gasteiger charge is -2.33. The van der Waals surface area contributed by atoms with Gasteiger partial charge in [-0.05, 0) is 69.2 Å². The first-order chi connectivity index (χ1) is 19.9. The van der Waals surface area contributed by atoms with Crippen LogP contribution in [0, 0.1) is 5.92 Å². The monoisotopic (exact) mass is 563 g/mol. The summed E-state index contributed by atoms with van der Waals surface area (Å²) in [5.41, 5.74) is 2.67. The number of ketones is 1. The summed E-state index contributed by atoms with van der Waals surface area (Å²) in [7, 11) is 1.63. The van der Waals surface area contributed by atoms with E-state index in [0.717, 1.165) is 67.7 Å². The zero-order chi connectivity index (χ0) is 29.2. The molecule has 4 rings (SSSR count). The van der Waals surface area contributed by atoms with Crippen molar-refractivity contribution in [1.29, 1.82) is 0 Å². The molecule has 8 heteroatoms. The van der Waals surface area contributed by atoms with E-state index in [4.69, 9.17) is 9.47 Å². The van der Waals surface area contributed by atoms with Gasteiger partial charge in [0.1, 0.15) is 11.5 Å². The van der Waals surface area contributed by atoms with E-state index < -0.39 is 6.04 Å². The molecule has 0 radical (unpaired) electrons. The first-order valence-electron chi connectivity index (χ1n) is 15.1. The summed E-state index contributed by atoms with van der Waals surface area (Å²) in [5, 5.41) is 6.28. The third-order valence-corrected chi connectivity index (χ3v) is 8.43. The summed E-state index contributed by atoms with van der Waals surface area (Å²) < 4.78 is 11.0. The molecule has 1 aliphatic carbocycles. The second-order valence-corrected chi connectivity index (χ2v) is 11.3. The van der Waals surface area contributed by atoms with Crippen LogP contribution in [0.4, 0.5) is 0 Å². The Morgan fingerprint density at radius 1 is 1.00 bits per heavy atom. The molecule has 222 valence electrons. The van der Waals surface area contributed by atoms with Crippen molar-refractivity contribution in [2.45, 2.75) is 77.3 Å². The molecule has 2 N–H and O–H groups in total. The van der Waals surface area contributed by atoms with Crippen LogP contribution in [0.5, 0.6) is 11.5 Å². The van der Waals surface area contributed by atoms with Crippen LogP contribution in [-0.2, 0) is 16.1 Å². The fraction of sp³-hybridized carbons (Fsp3) is 0.545. The van der Waals surface area contributed by atoms with Gasteiger partial charge in [-0.15, -0.1) is 0 Å². The molecule has 41 heavy (non-hydrogen) atoms. The van der Waals surface area contributed by atoms with Crippen LogP contribution in [0.1, 0.15) is 86.2 Å². The number of nitrogens with zero attached hydrogens (tertiary/aromatic N) is 1. The minimum absolute atomic E-state index is 0.0297. The molecule has 2 amide bonds. The van der Waals surface area contributed by atoms with Crippen LogP contribution >= 0.6 is 0 Å². The smallest absolute Gasteiger partial charge is 0.251 e. The van der Waals surface area contributed by atoms with Crippen molar-refractivity contribution >= 4 is 17.6 Å². The predicted molar refractivity (Wildman–Crippen MR) is 159 cm³/mol. The van der Waals surface area contributed by atoms with Crippen molar-refractivity contribution in [2.24, 2.45) is 5.92 Å². The Morgan fingerprint density at radius 2 is 1.76 bits per heavy atom. The minimum Gasteiger partial charge on any atom is -0.497 e. The van der Waals surface area contributed by atoms with Gasteiger partial charge in [-0.3, -0.25) is 14.4 Å². The van der Waals surface area contributed by atoms with Crippen LogP contribution in [0.3, 0.4) is 0 Å². The van der Waals surface area contributed by atoms with Crippen LogP contribution in [0.2, 0.25) is 0 Å². The highest BCUT2D eigenvalue weighted by atomic mass is 16.5. The number of methoxy groups -OCH3 is 1. The van der Waals surface area contributed by atoms with Crippen molar-refractivity contribution in [3.63, 3.8) is 0 Å². The van der Waals surface area contributed by atoms with Gasteiger partial charge in [0.15, 0.2) is 5.78 Å². The number of nitrogens with one attached hydrogen (secondary N) is 2. The summed E-state index contributed by atoms with van der Waals surface area (Å²) in [5.74, 6) is 1.86. The molecule has 0 bridgehead atoms. The fourth-order valence-electron chi connectivity index (χ4n) is 6.14. The molecule has 2 atom stereocenters.